The second kappa shape index (κ2) is 8.39. The van der Waals surface area contributed by atoms with Crippen molar-refractivity contribution in [2.45, 2.75) is 12.5 Å². The second-order valence-corrected chi connectivity index (χ2v) is 6.11. The Morgan fingerprint density at radius 3 is 2.60 bits per heavy atom. The van der Waals surface area contributed by atoms with Gasteiger partial charge in [-0.3, -0.25) is 14.9 Å². The number of ether oxygens (including phenoxy) is 1. The highest BCUT2D eigenvalue weighted by Gasteiger charge is 2.23. The number of methoxy groups -OCH3 is 1. The van der Waals surface area contributed by atoms with Gasteiger partial charge in [-0.05, 0) is 23.8 Å². The summed E-state index contributed by atoms with van der Waals surface area (Å²) >= 11 is 3.35. The number of halogens is 1. The number of hydrogen-bond donors (Lipinski definition) is 1. The SMILES string of the molecule is COC(=O)[C@@H](Cc1cccc(Br)c1)NC(=O)c1cccc([N+](=O)[O-])c1. The maximum Gasteiger partial charge on any atom is 0.328 e. The number of nitro benzene ring substituents is 1. The van der Waals surface area contributed by atoms with Gasteiger partial charge in [0.1, 0.15) is 6.04 Å². The van der Waals surface area contributed by atoms with Gasteiger partial charge in [0, 0.05) is 28.6 Å². The predicted octanol–water partition coefficient (Wildman–Crippen LogP) is 2.87. The van der Waals surface area contributed by atoms with Crippen molar-refractivity contribution in [2.24, 2.45) is 0 Å². The molecule has 0 unspecified atom stereocenters. The average Bonchev–Trinajstić information content (AvgIpc) is 2.60. The molecule has 0 saturated heterocycles. The molecule has 130 valence electrons. The molecule has 0 spiro atoms. The van der Waals surface area contributed by atoms with Gasteiger partial charge in [-0.25, -0.2) is 4.79 Å². The van der Waals surface area contributed by atoms with Crippen LogP contribution in [0.2, 0.25) is 0 Å². The Balaban J connectivity index is 2.19. The van der Waals surface area contributed by atoms with Gasteiger partial charge in [-0.1, -0.05) is 34.1 Å². The molecule has 0 aliphatic carbocycles. The monoisotopic (exact) mass is 406 g/mol. The number of nitro groups is 1. The Bertz CT molecular complexity index is 809. The average molecular weight is 407 g/mol. The van der Waals surface area contributed by atoms with E-state index in [0.717, 1.165) is 16.1 Å². The first-order chi connectivity index (χ1) is 11.9. The first-order valence-corrected chi connectivity index (χ1v) is 8.07. The van der Waals surface area contributed by atoms with Gasteiger partial charge in [-0.2, -0.15) is 0 Å². The van der Waals surface area contributed by atoms with E-state index < -0.39 is 22.8 Å². The van der Waals surface area contributed by atoms with E-state index in [1.54, 1.807) is 0 Å². The van der Waals surface area contributed by atoms with Crippen LogP contribution in [0.1, 0.15) is 15.9 Å². The minimum atomic E-state index is -0.911. The molecule has 25 heavy (non-hydrogen) atoms. The maximum atomic E-state index is 12.4. The van der Waals surface area contributed by atoms with E-state index in [1.165, 1.54) is 25.3 Å². The van der Waals surface area contributed by atoms with Crippen LogP contribution in [0.4, 0.5) is 5.69 Å². The normalized spacial score (nSPS) is 11.4. The van der Waals surface area contributed by atoms with Crippen molar-refractivity contribution in [3.8, 4) is 0 Å². The molecule has 1 atom stereocenters. The van der Waals surface area contributed by atoms with Crippen LogP contribution in [0.3, 0.4) is 0 Å². The number of carbonyl (C=O) groups excluding carboxylic acids is 2. The topological polar surface area (TPSA) is 98.5 Å². The highest BCUT2D eigenvalue weighted by atomic mass is 79.9. The first-order valence-electron chi connectivity index (χ1n) is 7.28. The van der Waals surface area contributed by atoms with Gasteiger partial charge in [-0.15, -0.1) is 0 Å². The molecule has 1 amide bonds. The van der Waals surface area contributed by atoms with Crippen LogP contribution in [0.25, 0.3) is 0 Å². The summed E-state index contributed by atoms with van der Waals surface area (Å²) in [5, 5.41) is 13.4. The standard InChI is InChI=1S/C17H15BrN2O5/c1-25-17(22)15(9-11-4-2-6-13(18)8-11)19-16(21)12-5-3-7-14(10-12)20(23)24/h2-8,10,15H,9H2,1H3,(H,19,21)/t15-/m1/s1. The zero-order chi connectivity index (χ0) is 18.4. The summed E-state index contributed by atoms with van der Waals surface area (Å²) < 4.78 is 5.59. The molecular weight excluding hydrogens is 392 g/mol. The molecule has 8 heteroatoms. The van der Waals surface area contributed by atoms with Crippen LogP contribution in [-0.2, 0) is 16.0 Å². The quantitative estimate of drug-likeness (QED) is 0.451. The Hall–Kier alpha value is -2.74. The molecule has 0 saturated carbocycles. The fourth-order valence-corrected chi connectivity index (χ4v) is 2.68. The van der Waals surface area contributed by atoms with Gasteiger partial charge in [0.15, 0.2) is 0 Å². The van der Waals surface area contributed by atoms with Gasteiger partial charge < -0.3 is 10.1 Å². The smallest absolute Gasteiger partial charge is 0.328 e. The summed E-state index contributed by atoms with van der Waals surface area (Å²) in [6.07, 6.45) is 0.229. The number of esters is 1. The van der Waals surface area contributed by atoms with E-state index in [4.69, 9.17) is 4.74 Å². The molecule has 2 rings (SSSR count). The molecule has 7 nitrogen and oxygen atoms in total. The molecule has 0 aliphatic heterocycles. The van der Waals surface area contributed by atoms with Crippen LogP contribution in [0.5, 0.6) is 0 Å². The van der Waals surface area contributed by atoms with Crippen molar-refractivity contribution >= 4 is 33.5 Å². The molecule has 1 N–H and O–H groups in total. The van der Waals surface area contributed by atoms with Gasteiger partial charge in [0.05, 0.1) is 12.0 Å². The Morgan fingerprint density at radius 2 is 1.96 bits per heavy atom. The second-order valence-electron chi connectivity index (χ2n) is 5.19. The van der Waals surface area contributed by atoms with E-state index in [2.05, 4.69) is 21.2 Å². The molecule has 0 radical (unpaired) electrons. The van der Waals surface area contributed by atoms with Crippen LogP contribution in [-0.4, -0.2) is 30.0 Å². The number of hydrogen-bond acceptors (Lipinski definition) is 5. The number of benzene rings is 2. The number of carbonyl (C=O) groups is 2. The summed E-state index contributed by atoms with van der Waals surface area (Å²) in [5.41, 5.74) is 0.718. The molecule has 0 aliphatic rings. The number of amides is 1. The molecule has 0 heterocycles. The first kappa shape index (κ1) is 18.6. The number of rotatable bonds is 6. The lowest BCUT2D eigenvalue weighted by Crippen LogP contribution is -2.43. The van der Waals surface area contributed by atoms with Crippen molar-refractivity contribution in [1.82, 2.24) is 5.32 Å². The Labute approximate surface area is 152 Å². The zero-order valence-corrected chi connectivity index (χ0v) is 14.9. The lowest BCUT2D eigenvalue weighted by atomic mass is 10.1. The molecule has 0 aromatic heterocycles. The summed E-state index contributed by atoms with van der Waals surface area (Å²) in [5.74, 6) is -1.19. The van der Waals surface area contributed by atoms with Crippen LogP contribution in [0, 0.1) is 10.1 Å². The number of nitrogens with one attached hydrogen (secondary N) is 1. The van der Waals surface area contributed by atoms with Crippen molar-refractivity contribution in [1.29, 1.82) is 0 Å². The summed E-state index contributed by atoms with van der Waals surface area (Å²) in [6, 6.07) is 11.7. The highest BCUT2D eigenvalue weighted by molar-refractivity contribution is 9.10. The minimum Gasteiger partial charge on any atom is -0.467 e. The van der Waals surface area contributed by atoms with Gasteiger partial charge in [0.2, 0.25) is 0 Å². The van der Waals surface area contributed by atoms with Crippen molar-refractivity contribution in [3.05, 3.63) is 74.2 Å². The van der Waals surface area contributed by atoms with Crippen LogP contribution in [0.15, 0.2) is 53.0 Å². The fraction of sp³-hybridized carbons (Fsp3) is 0.176. The lowest BCUT2D eigenvalue weighted by molar-refractivity contribution is -0.384. The van der Waals surface area contributed by atoms with E-state index in [1.807, 2.05) is 24.3 Å². The predicted molar refractivity (Wildman–Crippen MR) is 94.2 cm³/mol. The minimum absolute atomic E-state index is 0.0948. The Morgan fingerprint density at radius 1 is 1.24 bits per heavy atom. The Kier molecular flexibility index (Phi) is 6.24. The lowest BCUT2D eigenvalue weighted by Gasteiger charge is -2.17. The van der Waals surface area contributed by atoms with E-state index in [9.17, 15) is 19.7 Å². The van der Waals surface area contributed by atoms with Crippen molar-refractivity contribution in [2.75, 3.05) is 7.11 Å². The van der Waals surface area contributed by atoms with E-state index in [-0.39, 0.29) is 17.7 Å². The van der Waals surface area contributed by atoms with Gasteiger partial charge in [0.25, 0.3) is 11.6 Å². The third-order valence-electron chi connectivity index (χ3n) is 3.44. The molecule has 0 fully saturated rings. The van der Waals surface area contributed by atoms with E-state index in [0.29, 0.717) is 0 Å². The summed E-state index contributed by atoms with van der Waals surface area (Å²) in [4.78, 5) is 34.6. The van der Waals surface area contributed by atoms with Gasteiger partial charge >= 0.3 is 5.97 Å². The third kappa shape index (κ3) is 5.12. The molecule has 2 aromatic carbocycles. The van der Waals surface area contributed by atoms with Crippen molar-refractivity contribution < 1.29 is 19.2 Å². The summed E-state index contributed by atoms with van der Waals surface area (Å²) in [6.45, 7) is 0. The van der Waals surface area contributed by atoms with Crippen LogP contribution < -0.4 is 5.32 Å². The largest absolute Gasteiger partial charge is 0.467 e. The fourth-order valence-electron chi connectivity index (χ4n) is 2.24. The molecule has 0 bridgehead atoms. The van der Waals surface area contributed by atoms with Crippen molar-refractivity contribution in [3.63, 3.8) is 0 Å². The number of non-ortho nitro benzene ring substituents is 1. The number of nitrogens with zero attached hydrogens (tertiary/aromatic N) is 1. The zero-order valence-electron chi connectivity index (χ0n) is 13.3. The molecule has 2 aromatic rings. The summed E-state index contributed by atoms with van der Waals surface area (Å²) in [7, 11) is 1.23. The molecular formula is C17H15BrN2O5. The van der Waals surface area contributed by atoms with Crippen LogP contribution >= 0.6 is 15.9 Å². The highest BCUT2D eigenvalue weighted by Crippen LogP contribution is 2.15. The maximum absolute atomic E-state index is 12.4. The van der Waals surface area contributed by atoms with E-state index >= 15 is 0 Å². The third-order valence-corrected chi connectivity index (χ3v) is 3.93.